The molecule has 1 saturated heterocycles. The van der Waals surface area contributed by atoms with Crippen LogP contribution in [0.3, 0.4) is 0 Å². The monoisotopic (exact) mass is 520 g/mol. The van der Waals surface area contributed by atoms with Gasteiger partial charge in [-0.15, -0.1) is 0 Å². The number of carboxylic acids is 1. The minimum atomic E-state index is -0.990. The van der Waals surface area contributed by atoms with Crippen molar-refractivity contribution in [1.29, 1.82) is 0 Å². The van der Waals surface area contributed by atoms with Crippen LogP contribution in [0, 0.1) is 19.3 Å². The maximum Gasteiger partial charge on any atom is 0.354 e. The quantitative estimate of drug-likeness (QED) is 0.305. The van der Waals surface area contributed by atoms with E-state index >= 15 is 0 Å². The standard InChI is InChI=1S/C32H32N4O3/c1-19-13-28(31(37)38)34-27-6-5-23(15-25(19)27)36-11-8-32(9-12-36)16-21(17-32)14-26-29(24-7-10-33-18-20(24)2)35-39-30(26)22-3-4-22/h5-7,10,13-15,18,22H,3-4,8-9,11-12,16-17H2,1-2H3,(H,37,38). The highest BCUT2D eigenvalue weighted by Crippen LogP contribution is 2.54. The Bertz CT molecular complexity index is 1630. The van der Waals surface area contributed by atoms with E-state index in [0.29, 0.717) is 11.3 Å². The van der Waals surface area contributed by atoms with Crippen LogP contribution in [0.25, 0.3) is 28.2 Å². The third-order valence-electron chi connectivity index (χ3n) is 8.94. The molecule has 1 spiro atoms. The van der Waals surface area contributed by atoms with Gasteiger partial charge in [-0.05, 0) is 105 Å². The zero-order chi connectivity index (χ0) is 26.7. The first-order valence-electron chi connectivity index (χ1n) is 13.9. The molecule has 3 fully saturated rings. The lowest BCUT2D eigenvalue weighted by atomic mass is 9.60. The fourth-order valence-corrected chi connectivity index (χ4v) is 6.52. The maximum atomic E-state index is 11.4. The summed E-state index contributed by atoms with van der Waals surface area (Å²) in [5, 5.41) is 14.9. The lowest BCUT2D eigenvalue weighted by molar-refractivity contribution is 0.0691. The molecule has 7 rings (SSSR count). The Balaban J connectivity index is 1.07. The second kappa shape index (κ2) is 9.04. The zero-order valence-electron chi connectivity index (χ0n) is 22.4. The minimum absolute atomic E-state index is 0.0972. The predicted molar refractivity (Wildman–Crippen MR) is 151 cm³/mol. The van der Waals surface area contributed by atoms with Crippen LogP contribution in [-0.4, -0.2) is 39.3 Å². The van der Waals surface area contributed by atoms with E-state index < -0.39 is 5.97 Å². The molecule has 3 aromatic heterocycles. The number of rotatable bonds is 5. The number of carbonyl (C=O) groups is 1. The molecule has 7 heteroatoms. The average molecular weight is 521 g/mol. The second-order valence-electron chi connectivity index (χ2n) is 11.7. The van der Waals surface area contributed by atoms with E-state index in [1.165, 1.54) is 42.5 Å². The maximum absolute atomic E-state index is 11.4. The van der Waals surface area contributed by atoms with Crippen LogP contribution < -0.4 is 4.90 Å². The molecule has 39 heavy (non-hydrogen) atoms. The van der Waals surface area contributed by atoms with E-state index in [2.05, 4.69) is 45.2 Å². The van der Waals surface area contributed by atoms with Crippen LogP contribution in [0.1, 0.15) is 77.4 Å². The van der Waals surface area contributed by atoms with Crippen molar-refractivity contribution in [3.63, 3.8) is 0 Å². The first-order chi connectivity index (χ1) is 18.9. The van der Waals surface area contributed by atoms with Gasteiger partial charge >= 0.3 is 5.97 Å². The van der Waals surface area contributed by atoms with E-state index in [4.69, 9.17) is 4.52 Å². The molecule has 0 amide bonds. The molecule has 198 valence electrons. The van der Waals surface area contributed by atoms with E-state index in [9.17, 15) is 9.90 Å². The second-order valence-corrected chi connectivity index (χ2v) is 11.7. The number of allylic oxidation sites excluding steroid dienone is 1. The lowest BCUT2D eigenvalue weighted by Gasteiger charge is -2.50. The SMILES string of the molecule is Cc1cnccc1-c1noc(C2CC2)c1C=C1CC2(CCN(c3ccc4nc(C(=O)O)cc(C)c4c3)CC2)C1. The smallest absolute Gasteiger partial charge is 0.354 e. The Morgan fingerprint density at radius 2 is 1.90 bits per heavy atom. The van der Waals surface area contributed by atoms with Crippen LogP contribution in [-0.2, 0) is 0 Å². The normalized spacial score (nSPS) is 18.4. The highest BCUT2D eigenvalue weighted by molar-refractivity contribution is 5.92. The van der Waals surface area contributed by atoms with Crippen LogP contribution in [0.2, 0.25) is 0 Å². The van der Waals surface area contributed by atoms with Crippen molar-refractivity contribution in [2.45, 2.75) is 58.3 Å². The van der Waals surface area contributed by atoms with Crippen molar-refractivity contribution in [3.8, 4) is 11.3 Å². The minimum Gasteiger partial charge on any atom is -0.477 e. The number of fused-ring (bicyclic) bond motifs is 1. The predicted octanol–water partition coefficient (Wildman–Crippen LogP) is 6.94. The molecular weight excluding hydrogens is 488 g/mol. The summed E-state index contributed by atoms with van der Waals surface area (Å²) in [6.07, 6.45) is 13.1. The number of pyridine rings is 2. The average Bonchev–Trinajstić information content (AvgIpc) is 3.68. The summed E-state index contributed by atoms with van der Waals surface area (Å²) in [6, 6.07) is 9.91. The number of benzene rings is 1. The summed E-state index contributed by atoms with van der Waals surface area (Å²) >= 11 is 0. The molecule has 3 aliphatic rings. The highest BCUT2D eigenvalue weighted by atomic mass is 16.5. The van der Waals surface area contributed by atoms with Crippen molar-refractivity contribution in [3.05, 3.63) is 76.4 Å². The summed E-state index contributed by atoms with van der Waals surface area (Å²) in [5.41, 5.74) is 9.22. The van der Waals surface area contributed by atoms with Gasteiger partial charge in [0.1, 0.15) is 17.1 Å². The van der Waals surface area contributed by atoms with Gasteiger partial charge in [-0.2, -0.15) is 0 Å². The summed E-state index contributed by atoms with van der Waals surface area (Å²) in [5.74, 6) is 0.575. The van der Waals surface area contributed by atoms with Crippen LogP contribution in [0.4, 0.5) is 5.69 Å². The molecule has 2 saturated carbocycles. The Labute approximate surface area is 227 Å². The van der Waals surface area contributed by atoms with Crippen molar-refractivity contribution < 1.29 is 14.4 Å². The summed E-state index contributed by atoms with van der Waals surface area (Å²) in [6.45, 7) is 6.10. The van der Waals surface area contributed by atoms with Gasteiger partial charge in [0.15, 0.2) is 0 Å². The Hall–Kier alpha value is -4.00. The summed E-state index contributed by atoms with van der Waals surface area (Å²) in [4.78, 5) is 22.4. The van der Waals surface area contributed by atoms with Crippen molar-refractivity contribution >= 4 is 28.6 Å². The fraction of sp³-hybridized carbons (Fsp3) is 0.375. The molecule has 0 atom stereocenters. The molecule has 0 bridgehead atoms. The van der Waals surface area contributed by atoms with Gasteiger partial charge in [-0.1, -0.05) is 10.7 Å². The van der Waals surface area contributed by atoms with E-state index in [-0.39, 0.29) is 5.69 Å². The molecule has 1 aromatic carbocycles. The number of anilines is 1. The first kappa shape index (κ1) is 24.1. The van der Waals surface area contributed by atoms with E-state index in [0.717, 1.165) is 65.0 Å². The number of carboxylic acid groups (broad SMARTS) is 1. The Morgan fingerprint density at radius 1 is 1.10 bits per heavy atom. The topological polar surface area (TPSA) is 92.4 Å². The van der Waals surface area contributed by atoms with Gasteiger partial charge in [-0.25, -0.2) is 9.78 Å². The number of aromatic carboxylic acids is 1. The van der Waals surface area contributed by atoms with Gasteiger partial charge in [0.05, 0.1) is 5.52 Å². The van der Waals surface area contributed by atoms with Crippen molar-refractivity contribution in [1.82, 2.24) is 15.1 Å². The number of aryl methyl sites for hydroxylation is 2. The lowest BCUT2D eigenvalue weighted by Crippen LogP contribution is -2.44. The number of nitrogens with zero attached hydrogens (tertiary/aromatic N) is 4. The molecule has 0 unspecified atom stereocenters. The molecule has 2 aliphatic carbocycles. The van der Waals surface area contributed by atoms with Crippen LogP contribution in [0.5, 0.6) is 0 Å². The van der Waals surface area contributed by atoms with Gasteiger partial charge in [0.25, 0.3) is 0 Å². The molecule has 0 radical (unpaired) electrons. The number of piperidine rings is 1. The largest absolute Gasteiger partial charge is 0.477 e. The summed E-state index contributed by atoms with van der Waals surface area (Å²) in [7, 11) is 0. The zero-order valence-corrected chi connectivity index (χ0v) is 22.4. The number of hydrogen-bond donors (Lipinski definition) is 1. The third kappa shape index (κ3) is 4.30. The van der Waals surface area contributed by atoms with E-state index in [1.807, 2.05) is 31.5 Å². The van der Waals surface area contributed by atoms with Gasteiger partial charge in [-0.3, -0.25) is 4.98 Å². The molecule has 1 aliphatic heterocycles. The van der Waals surface area contributed by atoms with Crippen LogP contribution in [0.15, 0.2) is 52.8 Å². The Kier molecular flexibility index (Phi) is 5.58. The third-order valence-corrected chi connectivity index (χ3v) is 8.94. The van der Waals surface area contributed by atoms with Crippen molar-refractivity contribution in [2.75, 3.05) is 18.0 Å². The number of aromatic nitrogens is 3. The molecular formula is C32H32N4O3. The van der Waals surface area contributed by atoms with E-state index in [1.54, 1.807) is 6.07 Å². The highest BCUT2D eigenvalue weighted by Gasteiger charge is 2.43. The molecule has 7 nitrogen and oxygen atoms in total. The summed E-state index contributed by atoms with van der Waals surface area (Å²) < 4.78 is 5.90. The molecule has 1 N–H and O–H groups in total. The Morgan fingerprint density at radius 3 is 2.62 bits per heavy atom. The molecule has 4 heterocycles. The van der Waals surface area contributed by atoms with Gasteiger partial charge in [0.2, 0.25) is 0 Å². The fourth-order valence-electron chi connectivity index (χ4n) is 6.52. The van der Waals surface area contributed by atoms with Crippen molar-refractivity contribution in [2.24, 2.45) is 5.41 Å². The molecule has 4 aromatic rings. The van der Waals surface area contributed by atoms with Gasteiger partial charge < -0.3 is 14.5 Å². The van der Waals surface area contributed by atoms with Crippen LogP contribution >= 0.6 is 0 Å². The number of hydrogen-bond acceptors (Lipinski definition) is 6. The van der Waals surface area contributed by atoms with Gasteiger partial charge in [0, 0.05) is 53.6 Å². The first-order valence-corrected chi connectivity index (χ1v) is 13.9.